The highest BCUT2D eigenvalue weighted by Crippen LogP contribution is 2.43. The monoisotopic (exact) mass is 1170 g/mol. The van der Waals surface area contributed by atoms with E-state index in [-0.39, 0.29) is 32.0 Å². The van der Waals surface area contributed by atoms with Gasteiger partial charge in [0.15, 0.2) is 6.10 Å². The second-order valence-corrected chi connectivity index (χ2v) is 25.6. The molecule has 0 aliphatic carbocycles. The Labute approximate surface area is 507 Å². The van der Waals surface area contributed by atoms with Gasteiger partial charge in [-0.15, -0.1) is 0 Å². The van der Waals surface area contributed by atoms with Gasteiger partial charge in [-0.05, 0) is 89.9 Å². The molecule has 0 aromatic heterocycles. The SMILES string of the molecule is CC/C=C\C/C=C\C/C=C\C/C=C\C/C=C\CCCCCCCCCCCCCCCCCCCCCCCCCCCC(=O)OC(COC(=O)CCCCCCCCC/C=C\C/C=C\CCCCC)COP(=O)(O)OCC[N+](C)(C)C. The van der Waals surface area contributed by atoms with Crippen molar-refractivity contribution in [3.8, 4) is 0 Å². The van der Waals surface area contributed by atoms with Gasteiger partial charge >= 0.3 is 19.8 Å². The summed E-state index contributed by atoms with van der Waals surface area (Å²) >= 11 is 0. The number of hydrogen-bond acceptors (Lipinski definition) is 7. The minimum Gasteiger partial charge on any atom is -0.462 e. The average molecular weight is 1170 g/mol. The maximum Gasteiger partial charge on any atom is 0.472 e. The zero-order chi connectivity index (χ0) is 59.8. The number of phosphoric acid groups is 1. The molecule has 476 valence electrons. The van der Waals surface area contributed by atoms with Crippen LogP contribution in [0.1, 0.15) is 309 Å². The molecule has 0 saturated heterocycles. The molecule has 0 rings (SSSR count). The molecule has 0 heterocycles. The molecule has 0 aromatic rings. The first kappa shape index (κ1) is 79.2. The number of likely N-dealkylation sites (N-methyl/N-ethyl adjacent to an activating group) is 1. The number of nitrogens with zero attached hydrogens (tertiary/aromatic N) is 1. The summed E-state index contributed by atoms with van der Waals surface area (Å²) in [7, 11) is 1.48. The van der Waals surface area contributed by atoms with Crippen molar-refractivity contribution in [2.24, 2.45) is 0 Å². The van der Waals surface area contributed by atoms with Gasteiger partial charge < -0.3 is 18.9 Å². The first-order valence-corrected chi connectivity index (χ1v) is 35.8. The van der Waals surface area contributed by atoms with E-state index >= 15 is 0 Å². The molecule has 0 fully saturated rings. The number of rotatable bonds is 63. The van der Waals surface area contributed by atoms with Crippen LogP contribution in [0.25, 0.3) is 0 Å². The lowest BCUT2D eigenvalue weighted by Gasteiger charge is -2.24. The van der Waals surface area contributed by atoms with Gasteiger partial charge in [0.2, 0.25) is 0 Å². The highest BCUT2D eigenvalue weighted by Gasteiger charge is 2.27. The summed E-state index contributed by atoms with van der Waals surface area (Å²) in [5.74, 6) is -0.796. The molecule has 9 nitrogen and oxygen atoms in total. The fraction of sp³-hybridized carbons (Fsp3) is 0.778. The number of quaternary nitrogens is 1. The van der Waals surface area contributed by atoms with Crippen LogP contribution in [-0.2, 0) is 32.7 Å². The molecule has 2 atom stereocenters. The van der Waals surface area contributed by atoms with Gasteiger partial charge in [0.1, 0.15) is 19.8 Å². The van der Waals surface area contributed by atoms with E-state index < -0.39 is 26.5 Å². The van der Waals surface area contributed by atoms with E-state index in [0.29, 0.717) is 17.4 Å². The van der Waals surface area contributed by atoms with Crippen LogP contribution in [0.3, 0.4) is 0 Å². The van der Waals surface area contributed by atoms with E-state index in [9.17, 15) is 19.0 Å². The summed E-state index contributed by atoms with van der Waals surface area (Å²) in [6.45, 7) is 4.31. The summed E-state index contributed by atoms with van der Waals surface area (Å²) in [6, 6.07) is 0. The molecular weight excluding hydrogens is 1040 g/mol. The smallest absolute Gasteiger partial charge is 0.462 e. The molecule has 0 spiro atoms. The predicted molar refractivity (Wildman–Crippen MR) is 353 cm³/mol. The maximum atomic E-state index is 12.9. The summed E-state index contributed by atoms with van der Waals surface area (Å²) in [5, 5.41) is 0. The second-order valence-electron chi connectivity index (χ2n) is 24.2. The Morgan fingerprint density at radius 3 is 1.04 bits per heavy atom. The molecule has 0 radical (unpaired) electrons. The van der Waals surface area contributed by atoms with Gasteiger partial charge in [0.05, 0.1) is 27.7 Å². The van der Waals surface area contributed by atoms with Crippen molar-refractivity contribution >= 4 is 19.8 Å². The minimum atomic E-state index is -4.39. The van der Waals surface area contributed by atoms with Crippen LogP contribution in [0.4, 0.5) is 0 Å². The molecule has 0 aliphatic rings. The fourth-order valence-corrected chi connectivity index (χ4v) is 10.4. The number of esters is 2. The Morgan fingerprint density at radius 2 is 0.695 bits per heavy atom. The van der Waals surface area contributed by atoms with E-state index in [2.05, 4.69) is 98.9 Å². The predicted octanol–water partition coefficient (Wildman–Crippen LogP) is 22.2. The summed E-state index contributed by atoms with van der Waals surface area (Å²) in [4.78, 5) is 35.8. The van der Waals surface area contributed by atoms with E-state index in [1.54, 1.807) is 0 Å². The third kappa shape index (κ3) is 66.3. The first-order chi connectivity index (χ1) is 40.0. The van der Waals surface area contributed by atoms with Gasteiger partial charge in [0, 0.05) is 12.8 Å². The molecule has 0 bridgehead atoms. The summed E-state index contributed by atoms with van der Waals surface area (Å²) < 4.78 is 34.6. The zero-order valence-corrected chi connectivity index (χ0v) is 55.1. The third-order valence-electron chi connectivity index (χ3n) is 14.9. The second kappa shape index (κ2) is 62.7. The van der Waals surface area contributed by atoms with Crippen molar-refractivity contribution < 1.29 is 42.1 Å². The van der Waals surface area contributed by atoms with Crippen molar-refractivity contribution in [1.29, 1.82) is 0 Å². The Balaban J connectivity index is 3.91. The van der Waals surface area contributed by atoms with Crippen molar-refractivity contribution in [2.45, 2.75) is 315 Å². The van der Waals surface area contributed by atoms with Crippen LogP contribution in [0.2, 0.25) is 0 Å². The third-order valence-corrected chi connectivity index (χ3v) is 15.9. The molecule has 0 saturated carbocycles. The van der Waals surface area contributed by atoms with Gasteiger partial charge in [-0.25, -0.2) is 4.57 Å². The maximum absolute atomic E-state index is 12.9. The quantitative estimate of drug-likeness (QED) is 0.0211. The van der Waals surface area contributed by atoms with Gasteiger partial charge in [-0.1, -0.05) is 292 Å². The average Bonchev–Trinajstić information content (AvgIpc) is 3.45. The molecule has 2 unspecified atom stereocenters. The van der Waals surface area contributed by atoms with Gasteiger partial charge in [-0.2, -0.15) is 0 Å². The molecule has 0 aromatic carbocycles. The van der Waals surface area contributed by atoms with Gasteiger partial charge in [-0.3, -0.25) is 18.6 Å². The Morgan fingerprint density at radius 1 is 0.390 bits per heavy atom. The molecule has 10 heteroatoms. The number of carbonyl (C=O) groups is 2. The van der Waals surface area contributed by atoms with E-state index in [4.69, 9.17) is 18.5 Å². The van der Waals surface area contributed by atoms with E-state index in [1.165, 1.54) is 193 Å². The number of unbranched alkanes of at least 4 members (excludes halogenated alkanes) is 35. The van der Waals surface area contributed by atoms with Crippen LogP contribution < -0.4 is 0 Å². The van der Waals surface area contributed by atoms with Gasteiger partial charge in [0.25, 0.3) is 0 Å². The lowest BCUT2D eigenvalue weighted by atomic mass is 10.0. The molecule has 1 N–H and O–H groups in total. The zero-order valence-electron chi connectivity index (χ0n) is 54.2. The Kier molecular flexibility index (Phi) is 60.6. The molecule has 0 amide bonds. The summed E-state index contributed by atoms with van der Waals surface area (Å²) in [6.07, 6.45) is 85.6. The molecule has 82 heavy (non-hydrogen) atoms. The number of carbonyl (C=O) groups excluding carboxylic acids is 2. The van der Waals surface area contributed by atoms with Crippen LogP contribution in [0, 0.1) is 0 Å². The first-order valence-electron chi connectivity index (χ1n) is 34.3. The lowest BCUT2D eigenvalue weighted by Crippen LogP contribution is -2.37. The molecule has 0 aliphatic heterocycles. The van der Waals surface area contributed by atoms with Crippen molar-refractivity contribution in [2.75, 3.05) is 47.5 Å². The fourth-order valence-electron chi connectivity index (χ4n) is 9.66. The van der Waals surface area contributed by atoms with Crippen molar-refractivity contribution in [3.05, 3.63) is 85.1 Å². The van der Waals surface area contributed by atoms with Crippen LogP contribution in [0.5, 0.6) is 0 Å². The highest BCUT2D eigenvalue weighted by atomic mass is 31.2. The van der Waals surface area contributed by atoms with E-state index in [1.807, 2.05) is 21.1 Å². The largest absolute Gasteiger partial charge is 0.472 e. The number of allylic oxidation sites excluding steroid dienone is 14. The van der Waals surface area contributed by atoms with Crippen LogP contribution in [0.15, 0.2) is 85.1 Å². The Hall–Kier alpha value is -2.81. The van der Waals surface area contributed by atoms with Crippen molar-refractivity contribution in [1.82, 2.24) is 0 Å². The lowest BCUT2D eigenvalue weighted by molar-refractivity contribution is -0.870. The minimum absolute atomic E-state index is 0.0301. The highest BCUT2D eigenvalue weighted by molar-refractivity contribution is 7.47. The standard InChI is InChI=1S/C72H130NO8P/c1-6-8-10-12-14-16-18-20-22-24-25-26-27-28-29-30-31-32-33-34-35-36-37-38-39-40-41-42-43-44-45-46-47-49-51-53-55-57-59-61-63-65-72(75)81-70(69-80-82(76,77)79-67-66-73(3,4)5)68-78-71(74)64-62-60-58-56-54-52-50-48-23-21-19-17-15-13-11-9-7-2/h8,10,14-17,20-23,25-26,28-29,70H,6-7,9,11-13,18-19,24,27,30-69H2,1-5H3/p+1/b10-8-,16-14-,17-15-,22-20-,23-21-,26-25-,29-28-. The topological polar surface area (TPSA) is 108 Å². The van der Waals surface area contributed by atoms with E-state index in [0.717, 1.165) is 83.5 Å². The van der Waals surface area contributed by atoms with Crippen molar-refractivity contribution in [3.63, 3.8) is 0 Å². The number of hydrogen-bond donors (Lipinski definition) is 1. The normalized spacial score (nSPS) is 13.7. The number of ether oxygens (including phenoxy) is 2. The number of phosphoric ester groups is 1. The van der Waals surface area contributed by atoms with Crippen LogP contribution in [-0.4, -0.2) is 74.9 Å². The summed E-state index contributed by atoms with van der Waals surface area (Å²) in [5.41, 5.74) is 0. The Bertz CT molecular complexity index is 1660. The van der Waals surface area contributed by atoms with Crippen LogP contribution >= 0.6 is 7.82 Å². The molecular formula is C72H131NO8P+.